The van der Waals surface area contributed by atoms with Gasteiger partial charge in [-0.2, -0.15) is 0 Å². The molecular formula is C22H21FN4O2S. The van der Waals surface area contributed by atoms with E-state index in [-0.39, 0.29) is 23.5 Å². The van der Waals surface area contributed by atoms with Gasteiger partial charge in [-0.1, -0.05) is 41.7 Å². The zero-order chi connectivity index (χ0) is 20.9. The van der Waals surface area contributed by atoms with Crippen molar-refractivity contribution in [1.29, 1.82) is 0 Å². The number of aromatic nitrogens is 2. The average Bonchev–Trinajstić information content (AvgIpc) is 3.36. The Hall–Kier alpha value is -3.13. The smallest absolute Gasteiger partial charge is 0.227 e. The third-order valence-electron chi connectivity index (χ3n) is 5.01. The Morgan fingerprint density at radius 1 is 1.13 bits per heavy atom. The molecule has 1 unspecified atom stereocenters. The van der Waals surface area contributed by atoms with Crippen molar-refractivity contribution in [1.82, 2.24) is 10.2 Å². The van der Waals surface area contributed by atoms with Gasteiger partial charge in [-0.15, -0.1) is 10.2 Å². The number of rotatable bonds is 7. The van der Waals surface area contributed by atoms with Crippen LogP contribution < -0.4 is 10.2 Å². The molecule has 1 aromatic heterocycles. The number of benzene rings is 2. The maximum atomic E-state index is 13.1. The highest BCUT2D eigenvalue weighted by molar-refractivity contribution is 7.15. The van der Waals surface area contributed by atoms with E-state index in [0.29, 0.717) is 35.2 Å². The number of halogens is 1. The first-order valence-electron chi connectivity index (χ1n) is 9.81. The molecule has 0 saturated carbocycles. The summed E-state index contributed by atoms with van der Waals surface area (Å²) in [6.45, 7) is 0.462. The maximum absolute atomic E-state index is 13.1. The highest BCUT2D eigenvalue weighted by Gasteiger charge is 2.34. The number of nitrogens with one attached hydrogen (secondary N) is 1. The van der Waals surface area contributed by atoms with Crippen molar-refractivity contribution in [3.63, 3.8) is 0 Å². The van der Waals surface area contributed by atoms with Gasteiger partial charge in [-0.05, 0) is 42.7 Å². The van der Waals surface area contributed by atoms with Crippen molar-refractivity contribution in [3.05, 3.63) is 71.0 Å². The molecule has 2 amide bonds. The van der Waals surface area contributed by atoms with Crippen LogP contribution in [0.15, 0.2) is 54.6 Å². The second kappa shape index (κ2) is 9.13. The minimum atomic E-state index is -0.338. The van der Waals surface area contributed by atoms with Crippen LogP contribution in [0.25, 0.3) is 0 Å². The Bertz CT molecular complexity index is 1020. The quantitative estimate of drug-likeness (QED) is 0.618. The highest BCUT2D eigenvalue weighted by atomic mass is 32.1. The summed E-state index contributed by atoms with van der Waals surface area (Å²) in [5.74, 6) is -0.559. The number of nitrogens with zero attached hydrogens (tertiary/aromatic N) is 3. The highest BCUT2D eigenvalue weighted by Crippen LogP contribution is 2.34. The summed E-state index contributed by atoms with van der Waals surface area (Å²) in [4.78, 5) is 26.2. The summed E-state index contributed by atoms with van der Waals surface area (Å²) in [6, 6.07) is 15.9. The van der Waals surface area contributed by atoms with E-state index in [2.05, 4.69) is 15.5 Å². The number of anilines is 2. The molecule has 1 atom stereocenters. The number of carbonyl (C=O) groups excluding carboxylic acids is 2. The number of aryl methyl sites for hydroxylation is 1. The van der Waals surface area contributed by atoms with Crippen LogP contribution in [0.1, 0.15) is 35.8 Å². The van der Waals surface area contributed by atoms with Gasteiger partial charge in [0.05, 0.1) is 0 Å². The zero-order valence-electron chi connectivity index (χ0n) is 16.3. The average molecular weight is 425 g/mol. The van der Waals surface area contributed by atoms with Gasteiger partial charge in [-0.25, -0.2) is 4.39 Å². The topological polar surface area (TPSA) is 75.2 Å². The van der Waals surface area contributed by atoms with Gasteiger partial charge in [0.2, 0.25) is 16.9 Å². The molecule has 2 aromatic carbocycles. The Morgan fingerprint density at radius 3 is 2.67 bits per heavy atom. The summed E-state index contributed by atoms with van der Waals surface area (Å²) in [5, 5.41) is 12.2. The lowest BCUT2D eigenvalue weighted by Crippen LogP contribution is -2.24. The molecule has 0 aliphatic carbocycles. The first kappa shape index (κ1) is 20.2. The van der Waals surface area contributed by atoms with E-state index in [0.717, 1.165) is 12.8 Å². The first-order valence-corrected chi connectivity index (χ1v) is 10.6. The van der Waals surface area contributed by atoms with Crippen LogP contribution in [0.3, 0.4) is 0 Å². The summed E-state index contributed by atoms with van der Waals surface area (Å²) < 4.78 is 13.1. The molecule has 2 heterocycles. The van der Waals surface area contributed by atoms with Crippen molar-refractivity contribution in [2.24, 2.45) is 0 Å². The summed E-state index contributed by atoms with van der Waals surface area (Å²) in [5.41, 5.74) is 1.88. The molecule has 1 fully saturated rings. The molecule has 3 aromatic rings. The Morgan fingerprint density at radius 2 is 1.90 bits per heavy atom. The standard InChI is InChI=1S/C22H21FN4O2S/c23-17-9-11-18(12-10-17)27-14-16(13-20(27)29)21-25-26-22(30-21)24-19(28)8-4-7-15-5-2-1-3-6-15/h1-3,5-6,9-12,16H,4,7-8,13-14H2,(H,24,26,28). The van der Waals surface area contributed by atoms with Crippen LogP contribution in [-0.4, -0.2) is 28.6 Å². The second-order valence-electron chi connectivity index (χ2n) is 7.21. The van der Waals surface area contributed by atoms with E-state index in [1.54, 1.807) is 17.0 Å². The van der Waals surface area contributed by atoms with Crippen molar-refractivity contribution in [3.8, 4) is 0 Å². The normalized spacial score (nSPS) is 16.1. The van der Waals surface area contributed by atoms with Crippen molar-refractivity contribution < 1.29 is 14.0 Å². The molecule has 8 heteroatoms. The Labute approximate surface area is 177 Å². The zero-order valence-corrected chi connectivity index (χ0v) is 17.1. The van der Waals surface area contributed by atoms with Crippen LogP contribution in [-0.2, 0) is 16.0 Å². The van der Waals surface area contributed by atoms with E-state index < -0.39 is 0 Å². The summed E-state index contributed by atoms with van der Waals surface area (Å²) in [6.07, 6.45) is 2.32. The predicted molar refractivity (Wildman–Crippen MR) is 114 cm³/mol. The number of hydrogen-bond acceptors (Lipinski definition) is 5. The van der Waals surface area contributed by atoms with E-state index in [4.69, 9.17) is 0 Å². The second-order valence-corrected chi connectivity index (χ2v) is 8.22. The van der Waals surface area contributed by atoms with E-state index in [1.807, 2.05) is 30.3 Å². The molecular weight excluding hydrogens is 403 g/mol. The minimum absolute atomic E-state index is 0.0340. The third kappa shape index (κ3) is 4.88. The number of carbonyl (C=O) groups is 2. The molecule has 154 valence electrons. The molecule has 6 nitrogen and oxygen atoms in total. The van der Waals surface area contributed by atoms with Crippen molar-refractivity contribution >= 4 is 34.0 Å². The molecule has 4 rings (SSSR count). The lowest BCUT2D eigenvalue weighted by Gasteiger charge is -2.16. The third-order valence-corrected chi connectivity index (χ3v) is 6.01. The SMILES string of the molecule is O=C(CCCc1ccccc1)Nc1nnc(C2CC(=O)N(c3ccc(F)cc3)C2)s1. The van der Waals surface area contributed by atoms with Gasteiger partial charge in [0.15, 0.2) is 0 Å². The van der Waals surface area contributed by atoms with Gasteiger partial charge in [0.25, 0.3) is 0 Å². The number of hydrogen-bond donors (Lipinski definition) is 1. The Balaban J connectivity index is 1.30. The van der Waals surface area contributed by atoms with Crippen LogP contribution in [0, 0.1) is 5.82 Å². The molecule has 0 bridgehead atoms. The Kier molecular flexibility index (Phi) is 6.13. The molecule has 1 aliphatic heterocycles. The largest absolute Gasteiger partial charge is 0.312 e. The van der Waals surface area contributed by atoms with Gasteiger partial charge in [0.1, 0.15) is 10.8 Å². The van der Waals surface area contributed by atoms with Crippen LogP contribution in [0.4, 0.5) is 15.2 Å². The number of amides is 2. The fourth-order valence-corrected chi connectivity index (χ4v) is 4.32. The van der Waals surface area contributed by atoms with Gasteiger partial charge in [-0.3, -0.25) is 9.59 Å². The molecule has 0 spiro atoms. The lowest BCUT2D eigenvalue weighted by molar-refractivity contribution is -0.117. The van der Waals surface area contributed by atoms with Crippen molar-refractivity contribution in [2.45, 2.75) is 31.6 Å². The van der Waals surface area contributed by atoms with E-state index >= 15 is 0 Å². The van der Waals surface area contributed by atoms with E-state index in [1.165, 1.54) is 29.0 Å². The predicted octanol–water partition coefficient (Wildman–Crippen LogP) is 4.16. The van der Waals surface area contributed by atoms with Crippen molar-refractivity contribution in [2.75, 3.05) is 16.8 Å². The first-order chi connectivity index (χ1) is 14.6. The summed E-state index contributed by atoms with van der Waals surface area (Å²) in [7, 11) is 0. The molecule has 1 saturated heterocycles. The minimum Gasteiger partial charge on any atom is -0.312 e. The molecule has 1 N–H and O–H groups in total. The van der Waals surface area contributed by atoms with Gasteiger partial charge < -0.3 is 10.2 Å². The van der Waals surface area contributed by atoms with Gasteiger partial charge in [0, 0.05) is 31.0 Å². The fraction of sp³-hybridized carbons (Fsp3) is 0.273. The van der Waals surface area contributed by atoms with Crippen LogP contribution in [0.2, 0.25) is 0 Å². The molecule has 1 aliphatic rings. The molecule has 30 heavy (non-hydrogen) atoms. The maximum Gasteiger partial charge on any atom is 0.227 e. The van der Waals surface area contributed by atoms with Gasteiger partial charge >= 0.3 is 0 Å². The lowest BCUT2D eigenvalue weighted by atomic mass is 10.1. The van der Waals surface area contributed by atoms with Crippen LogP contribution >= 0.6 is 11.3 Å². The summed E-state index contributed by atoms with van der Waals surface area (Å²) >= 11 is 1.30. The van der Waals surface area contributed by atoms with E-state index in [9.17, 15) is 14.0 Å². The van der Waals surface area contributed by atoms with Crippen LogP contribution in [0.5, 0.6) is 0 Å². The molecule has 0 radical (unpaired) electrons. The fourth-order valence-electron chi connectivity index (χ4n) is 3.47. The monoisotopic (exact) mass is 424 g/mol.